The van der Waals surface area contributed by atoms with Crippen molar-refractivity contribution >= 4 is 28.9 Å². The van der Waals surface area contributed by atoms with Gasteiger partial charge in [0.05, 0.1) is 12.6 Å². The second kappa shape index (κ2) is 13.2. The van der Waals surface area contributed by atoms with E-state index < -0.39 is 0 Å². The third kappa shape index (κ3) is 7.87. The van der Waals surface area contributed by atoms with Crippen LogP contribution in [0.2, 0.25) is 5.02 Å². The lowest BCUT2D eigenvalue weighted by Crippen LogP contribution is -2.48. The highest BCUT2D eigenvalue weighted by molar-refractivity contribution is 7.80. The second-order valence-electron chi connectivity index (χ2n) is 8.21. The van der Waals surface area contributed by atoms with Crippen molar-refractivity contribution in [3.63, 3.8) is 0 Å². The number of benzene rings is 2. The van der Waals surface area contributed by atoms with E-state index in [1.165, 1.54) is 36.9 Å². The van der Waals surface area contributed by atoms with Gasteiger partial charge in [0, 0.05) is 37.6 Å². The normalized spacial score (nSPS) is 16.2. The largest absolute Gasteiger partial charge is 0.487 e. The van der Waals surface area contributed by atoms with Crippen LogP contribution < -0.4 is 0 Å². The van der Waals surface area contributed by atoms with E-state index in [2.05, 4.69) is 52.3 Å². The van der Waals surface area contributed by atoms with Crippen LogP contribution in [0.5, 0.6) is 0 Å². The van der Waals surface area contributed by atoms with Crippen LogP contribution in [-0.2, 0) is 4.74 Å². The predicted molar refractivity (Wildman–Crippen MR) is 135 cm³/mol. The molecule has 1 saturated heterocycles. The summed E-state index contributed by atoms with van der Waals surface area (Å²) in [5.41, 5.74) is 2.66. The standard InChI is InChI=1S/C26H35ClN2OS/c1-2-30-25(31)12-8-3-4-9-17-28-18-20-29(21-19-28)26(22-10-6-5-7-11-22)23-13-15-24(27)16-14-23/h5-7,10-11,13-16,26H,2-4,8-9,12,17-21H2,1H3. The van der Waals surface area contributed by atoms with Gasteiger partial charge in [-0.15, -0.1) is 0 Å². The Kier molecular flexibility index (Phi) is 10.3. The van der Waals surface area contributed by atoms with Gasteiger partial charge in [0.2, 0.25) is 0 Å². The van der Waals surface area contributed by atoms with E-state index in [0.717, 1.165) is 49.1 Å². The van der Waals surface area contributed by atoms with Gasteiger partial charge in [-0.05, 0) is 61.8 Å². The smallest absolute Gasteiger partial charge is 0.159 e. The quantitative estimate of drug-likeness (QED) is 0.287. The van der Waals surface area contributed by atoms with Gasteiger partial charge in [-0.25, -0.2) is 0 Å². The molecule has 0 aromatic heterocycles. The van der Waals surface area contributed by atoms with Crippen LogP contribution in [0.15, 0.2) is 54.6 Å². The maximum atomic E-state index is 6.14. The van der Waals surface area contributed by atoms with Crippen LogP contribution in [-0.4, -0.2) is 54.2 Å². The van der Waals surface area contributed by atoms with Crippen molar-refractivity contribution in [1.29, 1.82) is 0 Å². The molecule has 168 valence electrons. The Labute approximate surface area is 198 Å². The van der Waals surface area contributed by atoms with Crippen molar-refractivity contribution in [2.75, 3.05) is 39.3 Å². The molecule has 0 radical (unpaired) electrons. The number of hydrogen-bond acceptors (Lipinski definition) is 4. The van der Waals surface area contributed by atoms with Crippen molar-refractivity contribution < 1.29 is 4.74 Å². The molecule has 3 nitrogen and oxygen atoms in total. The third-order valence-corrected chi connectivity index (χ3v) is 6.56. The molecule has 1 aliphatic heterocycles. The van der Waals surface area contributed by atoms with Crippen molar-refractivity contribution in [3.8, 4) is 0 Å². The van der Waals surface area contributed by atoms with E-state index in [1.54, 1.807) is 0 Å². The number of hydrogen-bond donors (Lipinski definition) is 0. The zero-order valence-corrected chi connectivity index (χ0v) is 20.2. The molecular formula is C26H35ClN2OS. The first-order valence-corrected chi connectivity index (χ1v) is 12.4. The molecule has 3 rings (SSSR count). The van der Waals surface area contributed by atoms with Crippen LogP contribution in [0.3, 0.4) is 0 Å². The van der Waals surface area contributed by atoms with Crippen LogP contribution in [0.1, 0.15) is 56.2 Å². The molecule has 2 aromatic carbocycles. The Morgan fingerprint density at radius 1 is 0.903 bits per heavy atom. The van der Waals surface area contributed by atoms with Crippen LogP contribution >= 0.6 is 23.8 Å². The average molecular weight is 459 g/mol. The summed E-state index contributed by atoms with van der Waals surface area (Å²) in [5, 5.41) is 1.56. The third-order valence-electron chi connectivity index (χ3n) is 5.98. The molecule has 1 aliphatic rings. The number of ether oxygens (including phenoxy) is 1. The lowest BCUT2D eigenvalue weighted by atomic mass is 9.96. The van der Waals surface area contributed by atoms with Gasteiger partial charge < -0.3 is 9.64 Å². The van der Waals surface area contributed by atoms with E-state index in [9.17, 15) is 0 Å². The van der Waals surface area contributed by atoms with E-state index in [-0.39, 0.29) is 6.04 Å². The first-order chi connectivity index (χ1) is 15.2. The highest BCUT2D eigenvalue weighted by Gasteiger charge is 2.26. The van der Waals surface area contributed by atoms with Gasteiger partial charge in [-0.2, -0.15) is 0 Å². The molecule has 0 spiro atoms. The Morgan fingerprint density at radius 2 is 1.55 bits per heavy atom. The highest BCUT2D eigenvalue weighted by atomic mass is 35.5. The van der Waals surface area contributed by atoms with E-state index in [1.807, 2.05) is 19.1 Å². The molecule has 2 aromatic rings. The zero-order chi connectivity index (χ0) is 21.9. The molecule has 0 N–H and O–H groups in total. The number of nitrogens with zero attached hydrogens (tertiary/aromatic N) is 2. The molecule has 1 atom stereocenters. The van der Waals surface area contributed by atoms with Gasteiger partial charge in [-0.3, -0.25) is 4.90 Å². The van der Waals surface area contributed by atoms with E-state index in [0.29, 0.717) is 6.61 Å². The minimum Gasteiger partial charge on any atom is -0.487 e. The Morgan fingerprint density at radius 3 is 2.23 bits per heavy atom. The molecule has 1 unspecified atom stereocenters. The minimum absolute atomic E-state index is 0.287. The molecule has 0 saturated carbocycles. The Bertz CT molecular complexity index is 776. The fourth-order valence-electron chi connectivity index (χ4n) is 4.33. The lowest BCUT2D eigenvalue weighted by molar-refractivity contribution is 0.108. The fraction of sp³-hybridized carbons (Fsp3) is 0.500. The fourth-order valence-corrected chi connectivity index (χ4v) is 4.72. The van der Waals surface area contributed by atoms with Gasteiger partial charge in [0.1, 0.15) is 0 Å². The van der Waals surface area contributed by atoms with E-state index >= 15 is 0 Å². The number of thiocarbonyl (C=S) groups is 1. The van der Waals surface area contributed by atoms with E-state index in [4.69, 9.17) is 28.6 Å². The minimum atomic E-state index is 0.287. The summed E-state index contributed by atoms with van der Waals surface area (Å²) in [4.78, 5) is 5.23. The van der Waals surface area contributed by atoms with Gasteiger partial charge in [0.25, 0.3) is 0 Å². The first kappa shape index (κ1) is 24.2. The maximum absolute atomic E-state index is 6.14. The zero-order valence-electron chi connectivity index (χ0n) is 18.6. The number of unbranched alkanes of at least 4 members (excludes halogenated alkanes) is 3. The van der Waals surface area contributed by atoms with Crippen LogP contribution in [0, 0.1) is 0 Å². The summed E-state index contributed by atoms with van der Waals surface area (Å²) >= 11 is 11.3. The Balaban J connectivity index is 1.45. The van der Waals surface area contributed by atoms with Gasteiger partial charge in [-0.1, -0.05) is 66.9 Å². The van der Waals surface area contributed by atoms with Crippen molar-refractivity contribution in [1.82, 2.24) is 9.80 Å². The number of halogens is 1. The molecule has 0 aliphatic carbocycles. The number of piperazine rings is 1. The van der Waals surface area contributed by atoms with Crippen molar-refractivity contribution in [2.24, 2.45) is 0 Å². The predicted octanol–water partition coefficient (Wildman–Crippen LogP) is 6.36. The molecule has 31 heavy (non-hydrogen) atoms. The summed E-state index contributed by atoms with van der Waals surface area (Å²) in [7, 11) is 0. The molecular weight excluding hydrogens is 424 g/mol. The van der Waals surface area contributed by atoms with Crippen molar-refractivity contribution in [3.05, 3.63) is 70.7 Å². The molecule has 1 fully saturated rings. The Hall–Kier alpha value is -1.46. The average Bonchev–Trinajstić information content (AvgIpc) is 2.79. The van der Waals surface area contributed by atoms with Gasteiger partial charge in [0.15, 0.2) is 5.05 Å². The topological polar surface area (TPSA) is 15.7 Å². The summed E-state index contributed by atoms with van der Waals surface area (Å²) in [6, 6.07) is 19.5. The molecule has 5 heteroatoms. The second-order valence-corrected chi connectivity index (χ2v) is 9.10. The summed E-state index contributed by atoms with van der Waals surface area (Å²) < 4.78 is 5.35. The maximum Gasteiger partial charge on any atom is 0.159 e. The first-order valence-electron chi connectivity index (χ1n) is 11.6. The highest BCUT2D eigenvalue weighted by Crippen LogP contribution is 2.30. The van der Waals surface area contributed by atoms with Crippen molar-refractivity contribution in [2.45, 2.75) is 45.1 Å². The monoisotopic (exact) mass is 458 g/mol. The SMILES string of the molecule is CCOC(=S)CCCCCCN1CCN(C(c2ccccc2)c2ccc(Cl)cc2)CC1. The lowest BCUT2D eigenvalue weighted by Gasteiger charge is -2.40. The number of rotatable bonds is 11. The summed E-state index contributed by atoms with van der Waals surface area (Å²) in [6.07, 6.45) is 5.84. The summed E-state index contributed by atoms with van der Waals surface area (Å²) in [6.45, 7) is 8.31. The van der Waals surface area contributed by atoms with Crippen LogP contribution in [0.4, 0.5) is 0 Å². The summed E-state index contributed by atoms with van der Waals surface area (Å²) in [5.74, 6) is 0. The molecule has 0 amide bonds. The molecule has 0 bridgehead atoms. The molecule has 1 heterocycles. The van der Waals surface area contributed by atoms with Crippen LogP contribution in [0.25, 0.3) is 0 Å². The van der Waals surface area contributed by atoms with Gasteiger partial charge >= 0.3 is 0 Å².